The Balaban J connectivity index is 1.79. The van der Waals surface area contributed by atoms with Crippen molar-refractivity contribution >= 4 is 45.9 Å². The van der Waals surface area contributed by atoms with Gasteiger partial charge in [0.15, 0.2) is 5.82 Å². The van der Waals surface area contributed by atoms with Crippen molar-refractivity contribution in [1.82, 2.24) is 29.9 Å². The summed E-state index contributed by atoms with van der Waals surface area (Å²) in [6.07, 6.45) is 6.01. The fourth-order valence-corrected chi connectivity index (χ4v) is 3.00. The van der Waals surface area contributed by atoms with Crippen LogP contribution in [0.5, 0.6) is 0 Å². The summed E-state index contributed by atoms with van der Waals surface area (Å²) >= 11 is 12.4. The smallest absolute Gasteiger partial charge is 0.159 e. The van der Waals surface area contributed by atoms with Gasteiger partial charge in [-0.3, -0.25) is 4.98 Å². The van der Waals surface area contributed by atoms with Gasteiger partial charge < -0.3 is 15.4 Å². The molecule has 0 fully saturated rings. The van der Waals surface area contributed by atoms with Crippen LogP contribution in [0.3, 0.4) is 0 Å². The van der Waals surface area contributed by atoms with E-state index in [1.54, 1.807) is 18.3 Å². The molecule has 10 heteroatoms. The van der Waals surface area contributed by atoms with Gasteiger partial charge in [0.1, 0.15) is 23.5 Å². The summed E-state index contributed by atoms with van der Waals surface area (Å²) in [5.74, 6) is 1.50. The number of hydrogen-bond donors (Lipinski definition) is 3. The standard InChI is InChI=1S/C16H11Cl2N7O/c17-9-4-19-5-10(18)13(9)15-23-11-1-2-20-16(14(11)25-15)24-12-3-8(6-26)21-7-22-12/h1-5,7,26H,6H2,(H,23,25)(H,20,21,22,24). The SMILES string of the molecule is OCc1cc(Nc2nccc3[nH]c(-c4c(Cl)cncc4Cl)nc23)ncn1. The van der Waals surface area contributed by atoms with Gasteiger partial charge in [-0.25, -0.2) is 19.9 Å². The van der Waals surface area contributed by atoms with Crippen LogP contribution in [-0.2, 0) is 6.61 Å². The lowest BCUT2D eigenvalue weighted by molar-refractivity contribution is 0.276. The van der Waals surface area contributed by atoms with E-state index in [0.717, 1.165) is 5.52 Å². The molecule has 0 saturated carbocycles. The first-order valence-corrected chi connectivity index (χ1v) is 8.24. The van der Waals surface area contributed by atoms with Gasteiger partial charge in [-0.1, -0.05) is 23.2 Å². The zero-order valence-corrected chi connectivity index (χ0v) is 14.6. The summed E-state index contributed by atoms with van der Waals surface area (Å²) in [7, 11) is 0. The molecule has 4 rings (SSSR count). The molecule has 4 aromatic rings. The highest BCUT2D eigenvalue weighted by atomic mass is 35.5. The van der Waals surface area contributed by atoms with E-state index in [2.05, 4.69) is 35.2 Å². The van der Waals surface area contributed by atoms with Crippen molar-refractivity contribution in [2.75, 3.05) is 5.32 Å². The predicted octanol–water partition coefficient (Wildman–Crippen LogP) is 3.35. The van der Waals surface area contributed by atoms with Crippen LogP contribution in [-0.4, -0.2) is 35.0 Å². The number of pyridine rings is 2. The number of aliphatic hydroxyl groups excluding tert-OH is 1. The van der Waals surface area contributed by atoms with Crippen LogP contribution in [0.2, 0.25) is 10.0 Å². The molecule has 8 nitrogen and oxygen atoms in total. The Labute approximate surface area is 157 Å². The minimum absolute atomic E-state index is 0.180. The number of nitrogens with one attached hydrogen (secondary N) is 2. The van der Waals surface area contributed by atoms with Gasteiger partial charge in [0.2, 0.25) is 0 Å². The summed E-state index contributed by atoms with van der Waals surface area (Å²) in [6, 6.07) is 3.42. The molecule has 4 heterocycles. The second-order valence-corrected chi connectivity index (χ2v) is 6.11. The molecular formula is C16H11Cl2N7O. The largest absolute Gasteiger partial charge is 0.390 e. The highest BCUT2D eigenvalue weighted by Crippen LogP contribution is 2.34. The second-order valence-electron chi connectivity index (χ2n) is 5.30. The fraction of sp³-hybridized carbons (Fsp3) is 0.0625. The first-order valence-electron chi connectivity index (χ1n) is 7.48. The van der Waals surface area contributed by atoms with E-state index < -0.39 is 0 Å². The molecule has 0 aliphatic heterocycles. The van der Waals surface area contributed by atoms with E-state index in [-0.39, 0.29) is 6.61 Å². The molecule has 0 atom stereocenters. The average Bonchev–Trinajstić information content (AvgIpc) is 3.06. The monoisotopic (exact) mass is 387 g/mol. The van der Waals surface area contributed by atoms with E-state index >= 15 is 0 Å². The van der Waals surface area contributed by atoms with Crippen LogP contribution in [0.4, 0.5) is 11.6 Å². The summed E-state index contributed by atoms with van der Waals surface area (Å²) in [5.41, 5.74) is 2.40. The third kappa shape index (κ3) is 3.05. The third-order valence-electron chi connectivity index (χ3n) is 3.62. The normalized spacial score (nSPS) is 11.0. The molecule has 0 aromatic carbocycles. The van der Waals surface area contributed by atoms with Crippen molar-refractivity contribution in [3.8, 4) is 11.4 Å². The van der Waals surface area contributed by atoms with Crippen molar-refractivity contribution in [1.29, 1.82) is 0 Å². The van der Waals surface area contributed by atoms with Crippen molar-refractivity contribution < 1.29 is 5.11 Å². The van der Waals surface area contributed by atoms with Crippen molar-refractivity contribution in [2.45, 2.75) is 6.61 Å². The summed E-state index contributed by atoms with van der Waals surface area (Å²) in [4.78, 5) is 24.1. The van der Waals surface area contributed by atoms with Crippen LogP contribution in [0, 0.1) is 0 Å². The number of aromatic nitrogens is 6. The Morgan fingerprint density at radius 1 is 1.12 bits per heavy atom. The van der Waals surface area contributed by atoms with E-state index in [9.17, 15) is 5.11 Å². The lowest BCUT2D eigenvalue weighted by Gasteiger charge is -2.05. The van der Waals surface area contributed by atoms with Crippen molar-refractivity contribution in [3.63, 3.8) is 0 Å². The molecule has 0 amide bonds. The average molecular weight is 388 g/mol. The van der Waals surface area contributed by atoms with Gasteiger partial charge in [0, 0.05) is 24.7 Å². The van der Waals surface area contributed by atoms with Crippen LogP contribution in [0.1, 0.15) is 5.69 Å². The number of hydrogen-bond acceptors (Lipinski definition) is 7. The van der Waals surface area contributed by atoms with Gasteiger partial charge in [0.05, 0.1) is 33.4 Å². The van der Waals surface area contributed by atoms with E-state index in [1.807, 2.05) is 0 Å². The van der Waals surface area contributed by atoms with Crippen LogP contribution in [0.15, 0.2) is 37.1 Å². The number of rotatable bonds is 4. The number of nitrogens with zero attached hydrogens (tertiary/aromatic N) is 5. The topological polar surface area (TPSA) is 112 Å². The molecule has 0 aliphatic carbocycles. The molecule has 4 aromatic heterocycles. The molecule has 0 radical (unpaired) electrons. The van der Waals surface area contributed by atoms with Gasteiger partial charge in [-0.15, -0.1) is 0 Å². The molecule has 0 bridgehead atoms. The number of imidazole rings is 1. The van der Waals surface area contributed by atoms with Gasteiger partial charge >= 0.3 is 0 Å². The lowest BCUT2D eigenvalue weighted by atomic mass is 10.2. The quantitative estimate of drug-likeness (QED) is 0.491. The van der Waals surface area contributed by atoms with E-state index in [0.29, 0.717) is 44.3 Å². The maximum Gasteiger partial charge on any atom is 0.159 e. The molecule has 130 valence electrons. The number of H-pyrrole nitrogens is 1. The summed E-state index contributed by atoms with van der Waals surface area (Å²) < 4.78 is 0. The molecule has 26 heavy (non-hydrogen) atoms. The van der Waals surface area contributed by atoms with E-state index in [1.165, 1.54) is 18.7 Å². The lowest BCUT2D eigenvalue weighted by Crippen LogP contribution is -1.99. The number of anilines is 2. The third-order valence-corrected chi connectivity index (χ3v) is 4.20. The van der Waals surface area contributed by atoms with Crippen LogP contribution >= 0.6 is 23.2 Å². The van der Waals surface area contributed by atoms with E-state index in [4.69, 9.17) is 23.2 Å². The number of fused-ring (bicyclic) bond motifs is 1. The first kappa shape index (κ1) is 16.6. The van der Waals surface area contributed by atoms with Gasteiger partial charge in [0.25, 0.3) is 0 Å². The maximum absolute atomic E-state index is 9.20. The fourth-order valence-electron chi connectivity index (χ4n) is 2.46. The van der Waals surface area contributed by atoms with Gasteiger partial charge in [-0.05, 0) is 6.07 Å². The second kappa shape index (κ2) is 6.83. The highest BCUT2D eigenvalue weighted by Gasteiger charge is 2.16. The van der Waals surface area contributed by atoms with Crippen LogP contribution < -0.4 is 5.32 Å². The molecule has 0 spiro atoms. The molecule has 3 N–H and O–H groups in total. The zero-order valence-electron chi connectivity index (χ0n) is 13.1. The molecule has 0 unspecified atom stereocenters. The maximum atomic E-state index is 9.20. The minimum atomic E-state index is -0.180. The number of halogens is 2. The Bertz CT molecular complexity index is 1080. The zero-order chi connectivity index (χ0) is 18.1. The Morgan fingerprint density at radius 3 is 2.69 bits per heavy atom. The Hall–Kier alpha value is -2.81. The first-order chi connectivity index (χ1) is 12.7. The molecule has 0 saturated heterocycles. The Kier molecular flexibility index (Phi) is 4.37. The Morgan fingerprint density at radius 2 is 1.92 bits per heavy atom. The summed E-state index contributed by atoms with van der Waals surface area (Å²) in [6.45, 7) is -0.180. The highest BCUT2D eigenvalue weighted by molar-refractivity contribution is 6.38. The summed E-state index contributed by atoms with van der Waals surface area (Å²) in [5, 5.41) is 13.1. The van der Waals surface area contributed by atoms with Crippen LogP contribution in [0.25, 0.3) is 22.4 Å². The number of aliphatic hydroxyl groups is 1. The minimum Gasteiger partial charge on any atom is -0.390 e. The van der Waals surface area contributed by atoms with Crippen molar-refractivity contribution in [3.05, 3.63) is 52.8 Å². The molecule has 0 aliphatic rings. The van der Waals surface area contributed by atoms with Crippen molar-refractivity contribution in [2.24, 2.45) is 0 Å². The number of aromatic amines is 1. The molecular weight excluding hydrogens is 377 g/mol. The van der Waals surface area contributed by atoms with Gasteiger partial charge in [-0.2, -0.15) is 0 Å². The predicted molar refractivity (Wildman–Crippen MR) is 98.4 cm³/mol.